The Morgan fingerprint density at radius 3 is 2.20 bits per heavy atom. The molecule has 1 N–H and O–H groups in total. The number of nitrogens with zero attached hydrogens (tertiary/aromatic N) is 5. The van der Waals surface area contributed by atoms with Gasteiger partial charge in [0.15, 0.2) is 0 Å². The highest BCUT2D eigenvalue weighted by Crippen LogP contribution is 2.23. The highest BCUT2D eigenvalue weighted by atomic mass is 35.5. The number of hydrogen-bond acceptors (Lipinski definition) is 6. The van der Waals surface area contributed by atoms with Crippen LogP contribution in [0, 0.1) is 5.92 Å². The van der Waals surface area contributed by atoms with Gasteiger partial charge in [0, 0.05) is 76.7 Å². The molecular weight excluding hydrogens is 410 g/mol. The highest BCUT2D eigenvalue weighted by Gasteiger charge is 2.32. The summed E-state index contributed by atoms with van der Waals surface area (Å²) in [5, 5.41) is 12.3. The number of piperazine rings is 1. The molecule has 0 saturated carbocycles. The molecule has 9 nitrogen and oxygen atoms in total. The number of hydrogen-bond donors (Lipinski definition) is 1. The molecule has 0 spiro atoms. The first-order valence-corrected chi connectivity index (χ1v) is 10.1. The molecule has 0 bridgehead atoms. The Balaban J connectivity index is 0.00000320. The van der Waals surface area contributed by atoms with Gasteiger partial charge in [0.1, 0.15) is 0 Å². The highest BCUT2D eigenvalue weighted by molar-refractivity contribution is 5.85. The number of amides is 2. The van der Waals surface area contributed by atoms with E-state index in [0.29, 0.717) is 39.0 Å². The smallest absolute Gasteiger partial charge is 0.305 e. The van der Waals surface area contributed by atoms with Crippen molar-refractivity contribution in [2.75, 3.05) is 50.7 Å². The Bertz CT molecular complexity index is 719. The first kappa shape index (κ1) is 23.9. The van der Waals surface area contributed by atoms with Crippen molar-refractivity contribution in [1.29, 1.82) is 0 Å². The number of carbonyl (C=O) groups is 3. The van der Waals surface area contributed by atoms with Crippen molar-refractivity contribution in [2.45, 2.75) is 26.2 Å². The topological polar surface area (TPSA) is 97.3 Å². The third-order valence-electron chi connectivity index (χ3n) is 5.68. The van der Waals surface area contributed by atoms with Gasteiger partial charge in [-0.05, 0) is 25.0 Å². The molecule has 30 heavy (non-hydrogen) atoms. The Hall–Kier alpha value is -2.39. The molecule has 10 heteroatoms. The summed E-state index contributed by atoms with van der Waals surface area (Å²) in [6.07, 6.45) is 4.84. The van der Waals surface area contributed by atoms with Crippen molar-refractivity contribution >= 4 is 35.9 Å². The van der Waals surface area contributed by atoms with E-state index < -0.39 is 5.97 Å². The predicted octanol–water partition coefficient (Wildman–Crippen LogP) is 1.10. The molecule has 2 aliphatic rings. The Morgan fingerprint density at radius 2 is 1.67 bits per heavy atom. The van der Waals surface area contributed by atoms with E-state index in [0.717, 1.165) is 18.8 Å². The van der Waals surface area contributed by atoms with Crippen LogP contribution in [0.2, 0.25) is 0 Å². The summed E-state index contributed by atoms with van der Waals surface area (Å²) >= 11 is 0. The van der Waals surface area contributed by atoms with Crippen molar-refractivity contribution in [3.63, 3.8) is 0 Å². The third-order valence-corrected chi connectivity index (χ3v) is 5.68. The van der Waals surface area contributed by atoms with Crippen LogP contribution in [0.3, 0.4) is 0 Å². The monoisotopic (exact) mass is 439 g/mol. The largest absolute Gasteiger partial charge is 0.481 e. The van der Waals surface area contributed by atoms with Gasteiger partial charge in [-0.15, -0.1) is 12.4 Å². The zero-order chi connectivity index (χ0) is 20.8. The first-order chi connectivity index (χ1) is 14.0. The lowest BCUT2D eigenvalue weighted by atomic mass is 9.95. The van der Waals surface area contributed by atoms with Gasteiger partial charge in [-0.3, -0.25) is 24.4 Å². The van der Waals surface area contributed by atoms with E-state index in [9.17, 15) is 14.4 Å². The standard InChI is InChI=1S/C20H29N5O4.ClH/c1-16(26)25(11-6-19(27)28)24-9-4-17(5-10-24)20(29)23-14-12-22(13-15-23)18-2-7-21-8-3-18;/h2-3,7-8,17H,4-6,9-15H2,1H3,(H,27,28);1H. The molecule has 166 valence electrons. The SMILES string of the molecule is CC(=O)N(CCC(=O)O)N1CCC(C(=O)N2CCN(c3ccncc3)CC2)CC1.Cl. The van der Waals surface area contributed by atoms with E-state index in [1.54, 1.807) is 12.4 Å². The van der Waals surface area contributed by atoms with Gasteiger partial charge in [-0.1, -0.05) is 0 Å². The summed E-state index contributed by atoms with van der Waals surface area (Å²) in [5.74, 6) is -0.929. The van der Waals surface area contributed by atoms with Gasteiger partial charge >= 0.3 is 5.97 Å². The fourth-order valence-corrected chi connectivity index (χ4v) is 4.05. The van der Waals surface area contributed by atoms with Crippen LogP contribution in [0.25, 0.3) is 0 Å². The van der Waals surface area contributed by atoms with Crippen LogP contribution in [0.5, 0.6) is 0 Å². The summed E-state index contributed by atoms with van der Waals surface area (Å²) in [6, 6.07) is 3.97. The number of rotatable bonds is 6. The fourth-order valence-electron chi connectivity index (χ4n) is 4.05. The van der Waals surface area contributed by atoms with Crippen LogP contribution in [-0.2, 0) is 14.4 Å². The van der Waals surface area contributed by atoms with Crippen molar-refractivity contribution in [3.8, 4) is 0 Å². The lowest BCUT2D eigenvalue weighted by Gasteiger charge is -2.41. The summed E-state index contributed by atoms with van der Waals surface area (Å²) in [7, 11) is 0. The first-order valence-electron chi connectivity index (χ1n) is 10.1. The molecule has 0 atom stereocenters. The number of carboxylic acid groups (broad SMARTS) is 1. The van der Waals surface area contributed by atoms with Crippen molar-refractivity contribution in [3.05, 3.63) is 24.5 Å². The molecule has 3 heterocycles. The second-order valence-corrected chi connectivity index (χ2v) is 7.53. The molecule has 2 saturated heterocycles. The molecule has 0 radical (unpaired) electrons. The van der Waals surface area contributed by atoms with Gasteiger partial charge in [-0.2, -0.15) is 0 Å². The molecule has 0 aromatic carbocycles. The molecule has 1 aromatic heterocycles. The molecule has 3 rings (SSSR count). The summed E-state index contributed by atoms with van der Waals surface area (Å²) in [6.45, 7) is 5.82. The lowest BCUT2D eigenvalue weighted by molar-refractivity contribution is -0.153. The molecule has 0 unspecified atom stereocenters. The average Bonchev–Trinajstić information content (AvgIpc) is 2.74. The Labute approximate surface area is 183 Å². The molecule has 0 aliphatic carbocycles. The maximum atomic E-state index is 12.9. The second kappa shape index (κ2) is 11.1. The number of carboxylic acids is 1. The fraction of sp³-hybridized carbons (Fsp3) is 0.600. The number of aromatic nitrogens is 1. The maximum absolute atomic E-state index is 12.9. The van der Waals surface area contributed by atoms with Crippen LogP contribution in [0.15, 0.2) is 24.5 Å². The summed E-state index contributed by atoms with van der Waals surface area (Å²) in [5.41, 5.74) is 1.13. The quantitative estimate of drug-likeness (QED) is 0.708. The van der Waals surface area contributed by atoms with Gasteiger partial charge in [-0.25, -0.2) is 5.01 Å². The van der Waals surface area contributed by atoms with Crippen LogP contribution >= 0.6 is 12.4 Å². The van der Waals surface area contributed by atoms with Gasteiger partial charge < -0.3 is 14.9 Å². The van der Waals surface area contributed by atoms with Crippen LogP contribution in [-0.4, -0.2) is 88.6 Å². The molecule has 2 fully saturated rings. The van der Waals surface area contributed by atoms with Crippen molar-refractivity contribution in [1.82, 2.24) is 19.9 Å². The van der Waals surface area contributed by atoms with Crippen LogP contribution < -0.4 is 4.90 Å². The zero-order valence-corrected chi connectivity index (χ0v) is 18.1. The van der Waals surface area contributed by atoms with Gasteiger partial charge in [0.2, 0.25) is 11.8 Å². The lowest BCUT2D eigenvalue weighted by Crippen LogP contribution is -2.54. The number of pyridine rings is 1. The van der Waals surface area contributed by atoms with Crippen molar-refractivity contribution in [2.24, 2.45) is 5.92 Å². The zero-order valence-electron chi connectivity index (χ0n) is 17.3. The van der Waals surface area contributed by atoms with Gasteiger partial charge in [0.25, 0.3) is 0 Å². The van der Waals surface area contributed by atoms with E-state index >= 15 is 0 Å². The van der Waals surface area contributed by atoms with Crippen LogP contribution in [0.4, 0.5) is 5.69 Å². The normalized spacial score (nSPS) is 17.9. The van der Waals surface area contributed by atoms with Crippen LogP contribution in [0.1, 0.15) is 26.2 Å². The van der Waals surface area contributed by atoms with E-state index in [-0.39, 0.29) is 43.1 Å². The number of aliphatic carboxylic acids is 1. The Kier molecular flexibility index (Phi) is 8.86. The summed E-state index contributed by atoms with van der Waals surface area (Å²) in [4.78, 5) is 43.9. The predicted molar refractivity (Wildman–Crippen MR) is 114 cm³/mol. The number of anilines is 1. The average molecular weight is 440 g/mol. The Morgan fingerprint density at radius 1 is 1.07 bits per heavy atom. The number of carbonyl (C=O) groups excluding carboxylic acids is 2. The number of hydrazine groups is 1. The third kappa shape index (κ3) is 6.06. The maximum Gasteiger partial charge on any atom is 0.305 e. The minimum Gasteiger partial charge on any atom is -0.481 e. The summed E-state index contributed by atoms with van der Waals surface area (Å²) < 4.78 is 0. The second-order valence-electron chi connectivity index (χ2n) is 7.53. The van der Waals surface area contributed by atoms with E-state index in [1.807, 2.05) is 22.0 Å². The van der Waals surface area contributed by atoms with E-state index in [4.69, 9.17) is 5.11 Å². The number of halogens is 1. The molecule has 2 amide bonds. The van der Waals surface area contributed by atoms with E-state index in [1.165, 1.54) is 11.9 Å². The molecule has 1 aromatic rings. The van der Waals surface area contributed by atoms with E-state index in [2.05, 4.69) is 9.88 Å². The number of piperidine rings is 1. The minimum atomic E-state index is -0.924. The molecule has 2 aliphatic heterocycles. The van der Waals surface area contributed by atoms with Crippen molar-refractivity contribution < 1.29 is 19.5 Å². The molecular formula is C20H30ClN5O4. The minimum absolute atomic E-state index is 0. The van der Waals surface area contributed by atoms with Gasteiger partial charge in [0.05, 0.1) is 6.42 Å².